The molecular weight excluding hydrogens is 235 g/mol. The number of rotatable bonds is 1. The zero-order valence-corrected chi connectivity index (χ0v) is 9.94. The molecule has 0 aromatic heterocycles. The van der Waals surface area contributed by atoms with Crippen molar-refractivity contribution in [3.63, 3.8) is 0 Å². The van der Waals surface area contributed by atoms with Gasteiger partial charge in [-0.15, -0.1) is 12.4 Å². The van der Waals surface area contributed by atoms with E-state index in [1.54, 1.807) is 0 Å². The molecule has 0 spiro atoms. The van der Waals surface area contributed by atoms with Crippen LogP contribution in [0.5, 0.6) is 0 Å². The largest absolute Gasteiger partial charge is 0.387 e. The van der Waals surface area contributed by atoms with Crippen molar-refractivity contribution >= 4 is 24.0 Å². The number of halogens is 2. The molecule has 0 saturated carbocycles. The molecule has 86 valence electrons. The van der Waals surface area contributed by atoms with Gasteiger partial charge in [0.15, 0.2) is 0 Å². The Bertz CT molecular complexity index is 273. The van der Waals surface area contributed by atoms with Crippen LogP contribution in [0.1, 0.15) is 12.8 Å². The molecule has 0 aliphatic carbocycles. The number of nitrogens with one attached hydrogen (secondary N) is 2. The molecule has 2 aliphatic rings. The molecule has 0 aromatic rings. The van der Waals surface area contributed by atoms with Gasteiger partial charge in [0.1, 0.15) is 0 Å². The lowest BCUT2D eigenvalue weighted by Gasteiger charge is -2.40. The van der Waals surface area contributed by atoms with Crippen LogP contribution in [0, 0.1) is 0 Å². The Kier molecular flexibility index (Phi) is 4.46. The maximum atomic E-state index is 10.4. The van der Waals surface area contributed by atoms with Gasteiger partial charge in [0.05, 0.1) is 11.6 Å². The molecule has 0 amide bonds. The van der Waals surface area contributed by atoms with Crippen molar-refractivity contribution in [1.29, 1.82) is 0 Å². The summed E-state index contributed by atoms with van der Waals surface area (Å²) in [5.74, 6) is 0. The van der Waals surface area contributed by atoms with Crippen LogP contribution in [0.2, 0.25) is 0 Å². The van der Waals surface area contributed by atoms with Crippen LogP contribution in [-0.4, -0.2) is 29.8 Å². The van der Waals surface area contributed by atoms with E-state index in [0.717, 1.165) is 25.9 Å². The van der Waals surface area contributed by atoms with Gasteiger partial charge in [-0.1, -0.05) is 11.6 Å². The van der Waals surface area contributed by atoms with Crippen molar-refractivity contribution in [3.05, 3.63) is 23.4 Å². The summed E-state index contributed by atoms with van der Waals surface area (Å²) in [4.78, 5) is 0. The summed E-state index contributed by atoms with van der Waals surface area (Å²) < 4.78 is 0. The maximum absolute atomic E-state index is 10.4. The van der Waals surface area contributed by atoms with E-state index in [1.165, 1.54) is 0 Å². The summed E-state index contributed by atoms with van der Waals surface area (Å²) in [6.45, 7) is 1.70. The zero-order valence-electron chi connectivity index (χ0n) is 8.37. The van der Waals surface area contributed by atoms with E-state index >= 15 is 0 Å². The van der Waals surface area contributed by atoms with Gasteiger partial charge < -0.3 is 15.7 Å². The smallest absolute Gasteiger partial charge is 0.0922 e. The lowest BCUT2D eigenvalue weighted by Crippen LogP contribution is -2.55. The van der Waals surface area contributed by atoms with E-state index < -0.39 is 5.60 Å². The third kappa shape index (κ3) is 2.67. The second-order valence-corrected chi connectivity index (χ2v) is 4.30. The summed E-state index contributed by atoms with van der Waals surface area (Å²) in [7, 11) is 0. The number of hydrogen-bond donors (Lipinski definition) is 3. The summed E-state index contributed by atoms with van der Waals surface area (Å²) in [6, 6.07) is -0.142. The predicted molar refractivity (Wildman–Crippen MR) is 64.3 cm³/mol. The van der Waals surface area contributed by atoms with E-state index in [9.17, 15) is 5.11 Å². The Hall–Kier alpha value is -0.220. The lowest BCUT2D eigenvalue weighted by atomic mass is 9.84. The minimum atomic E-state index is -0.705. The van der Waals surface area contributed by atoms with Crippen LogP contribution in [0.25, 0.3) is 0 Å². The Morgan fingerprint density at radius 3 is 2.67 bits per heavy atom. The number of dihydropyridines is 1. The van der Waals surface area contributed by atoms with Crippen molar-refractivity contribution in [2.24, 2.45) is 0 Å². The molecule has 3 N–H and O–H groups in total. The molecular formula is C10H16Cl2N2O. The van der Waals surface area contributed by atoms with Gasteiger partial charge in [-0.2, -0.15) is 0 Å². The number of aliphatic hydroxyl groups is 1. The highest BCUT2D eigenvalue weighted by Gasteiger charge is 2.39. The van der Waals surface area contributed by atoms with Crippen molar-refractivity contribution in [2.75, 3.05) is 13.1 Å². The molecule has 2 rings (SSSR count). The molecule has 2 aliphatic heterocycles. The van der Waals surface area contributed by atoms with Gasteiger partial charge in [-0.3, -0.25) is 0 Å². The molecule has 1 saturated heterocycles. The normalized spacial score (nSPS) is 28.7. The summed E-state index contributed by atoms with van der Waals surface area (Å²) in [5, 5.41) is 17.4. The fourth-order valence-corrected chi connectivity index (χ4v) is 2.37. The number of allylic oxidation sites excluding steroid dienone is 2. The minimum Gasteiger partial charge on any atom is -0.387 e. The Balaban J connectivity index is 0.00000112. The third-order valence-electron chi connectivity index (χ3n) is 2.90. The van der Waals surface area contributed by atoms with Crippen molar-refractivity contribution in [1.82, 2.24) is 10.6 Å². The van der Waals surface area contributed by atoms with E-state index in [-0.39, 0.29) is 18.4 Å². The molecule has 3 nitrogen and oxygen atoms in total. The monoisotopic (exact) mass is 250 g/mol. The molecule has 2 heterocycles. The molecule has 1 atom stereocenters. The van der Waals surface area contributed by atoms with Crippen molar-refractivity contribution < 1.29 is 5.11 Å². The van der Waals surface area contributed by atoms with Gasteiger partial charge >= 0.3 is 0 Å². The summed E-state index contributed by atoms with van der Waals surface area (Å²) in [5.41, 5.74) is -0.705. The van der Waals surface area contributed by atoms with Crippen LogP contribution in [0.3, 0.4) is 0 Å². The maximum Gasteiger partial charge on any atom is 0.0922 e. The molecule has 5 heteroatoms. The molecule has 0 radical (unpaired) electrons. The first kappa shape index (κ1) is 12.8. The fraction of sp³-hybridized carbons (Fsp3) is 0.600. The lowest BCUT2D eigenvalue weighted by molar-refractivity contribution is -0.00895. The van der Waals surface area contributed by atoms with Gasteiger partial charge in [0.2, 0.25) is 0 Å². The first-order valence-corrected chi connectivity index (χ1v) is 5.31. The second kappa shape index (κ2) is 5.21. The Morgan fingerprint density at radius 1 is 1.40 bits per heavy atom. The molecule has 15 heavy (non-hydrogen) atoms. The van der Waals surface area contributed by atoms with Gasteiger partial charge in [-0.05, 0) is 44.3 Å². The van der Waals surface area contributed by atoms with Crippen LogP contribution in [-0.2, 0) is 0 Å². The van der Waals surface area contributed by atoms with Crippen molar-refractivity contribution in [2.45, 2.75) is 24.5 Å². The SMILES string of the molecule is Cl.OC1(C2NC=CC=C2Cl)CCNCC1. The highest BCUT2D eigenvalue weighted by Crippen LogP contribution is 2.29. The first-order valence-electron chi connectivity index (χ1n) is 4.94. The highest BCUT2D eigenvalue weighted by molar-refractivity contribution is 6.30. The average Bonchev–Trinajstić information content (AvgIpc) is 2.19. The number of hydrogen-bond acceptors (Lipinski definition) is 3. The summed E-state index contributed by atoms with van der Waals surface area (Å²) >= 11 is 6.07. The number of piperidine rings is 1. The molecule has 1 unspecified atom stereocenters. The van der Waals surface area contributed by atoms with Crippen LogP contribution in [0.15, 0.2) is 23.4 Å². The highest BCUT2D eigenvalue weighted by atomic mass is 35.5. The minimum absolute atomic E-state index is 0. The zero-order chi connectivity index (χ0) is 10.0. The topological polar surface area (TPSA) is 44.3 Å². The first-order chi connectivity index (χ1) is 6.72. The van der Waals surface area contributed by atoms with E-state index in [1.807, 2.05) is 18.4 Å². The van der Waals surface area contributed by atoms with Crippen LogP contribution >= 0.6 is 24.0 Å². The quantitative estimate of drug-likeness (QED) is 0.654. The van der Waals surface area contributed by atoms with E-state index in [0.29, 0.717) is 5.03 Å². The summed E-state index contributed by atoms with van der Waals surface area (Å²) in [6.07, 6.45) is 6.99. The van der Waals surface area contributed by atoms with Crippen LogP contribution < -0.4 is 10.6 Å². The molecule has 0 bridgehead atoms. The Morgan fingerprint density at radius 2 is 2.07 bits per heavy atom. The average molecular weight is 251 g/mol. The van der Waals surface area contributed by atoms with E-state index in [2.05, 4.69) is 10.6 Å². The Labute approximate surface area is 101 Å². The standard InChI is InChI=1S/C10H15ClN2O.ClH/c11-8-2-1-5-13-9(8)10(14)3-6-12-7-4-10;/h1-2,5,9,12-14H,3-4,6-7H2;1H. The van der Waals surface area contributed by atoms with Gasteiger partial charge in [-0.25, -0.2) is 0 Å². The molecule has 0 aromatic carbocycles. The third-order valence-corrected chi connectivity index (χ3v) is 3.24. The second-order valence-electron chi connectivity index (χ2n) is 3.86. The fourth-order valence-electron chi connectivity index (χ4n) is 2.03. The predicted octanol–water partition coefficient (Wildman–Crippen LogP) is 1.13. The van der Waals surface area contributed by atoms with Crippen molar-refractivity contribution in [3.8, 4) is 0 Å². The van der Waals surface area contributed by atoms with Crippen LogP contribution in [0.4, 0.5) is 0 Å². The molecule has 1 fully saturated rings. The van der Waals surface area contributed by atoms with E-state index in [4.69, 9.17) is 11.6 Å². The van der Waals surface area contributed by atoms with Gasteiger partial charge in [0, 0.05) is 5.03 Å². The van der Waals surface area contributed by atoms with Gasteiger partial charge in [0.25, 0.3) is 0 Å².